The van der Waals surface area contributed by atoms with Crippen molar-refractivity contribution < 1.29 is 18.3 Å². The first-order valence-electron chi connectivity index (χ1n) is 9.39. The molecular formula is C21H17ClN4O4S2. The minimum absolute atomic E-state index is 0.0000525. The topological polar surface area (TPSA) is 121 Å². The van der Waals surface area contributed by atoms with Gasteiger partial charge in [-0.2, -0.15) is 8.75 Å². The van der Waals surface area contributed by atoms with Crippen LogP contribution < -0.4 is 10.0 Å². The Morgan fingerprint density at radius 1 is 1.06 bits per heavy atom. The zero-order chi connectivity index (χ0) is 22.7. The maximum atomic E-state index is 13.1. The molecule has 1 amide bonds. The molecule has 3 aromatic carbocycles. The molecule has 0 saturated heterocycles. The summed E-state index contributed by atoms with van der Waals surface area (Å²) in [6.45, 7) is -0.330. The molecule has 1 heterocycles. The molecule has 4 aromatic rings. The van der Waals surface area contributed by atoms with Gasteiger partial charge in [0.15, 0.2) is 0 Å². The van der Waals surface area contributed by atoms with E-state index in [4.69, 9.17) is 11.6 Å². The Morgan fingerprint density at radius 2 is 1.84 bits per heavy atom. The molecule has 0 bridgehead atoms. The summed E-state index contributed by atoms with van der Waals surface area (Å²) in [6, 6.07) is 17.2. The largest absolute Gasteiger partial charge is 0.394 e. The smallest absolute Gasteiger partial charge is 0.264 e. The molecule has 1 atom stereocenters. The van der Waals surface area contributed by atoms with E-state index in [2.05, 4.69) is 18.8 Å². The molecule has 1 aromatic heterocycles. The Hall–Kier alpha value is -3.05. The molecular weight excluding hydrogens is 472 g/mol. The minimum Gasteiger partial charge on any atom is -0.394 e. The van der Waals surface area contributed by atoms with Crippen molar-refractivity contribution in [1.82, 2.24) is 14.1 Å². The van der Waals surface area contributed by atoms with E-state index in [1.165, 1.54) is 24.3 Å². The number of aromatic nitrogens is 2. The number of carbonyl (C=O) groups excluding carboxylic acids is 1. The van der Waals surface area contributed by atoms with E-state index in [-0.39, 0.29) is 33.3 Å². The van der Waals surface area contributed by atoms with Gasteiger partial charge in [0, 0.05) is 5.02 Å². The summed E-state index contributed by atoms with van der Waals surface area (Å²) in [5, 5.41) is 12.7. The number of aliphatic hydroxyl groups is 1. The van der Waals surface area contributed by atoms with Crippen LogP contribution in [0.5, 0.6) is 0 Å². The Bertz CT molecular complexity index is 1380. The number of benzene rings is 3. The summed E-state index contributed by atoms with van der Waals surface area (Å²) in [5.74, 6) is -0.573. The van der Waals surface area contributed by atoms with Crippen LogP contribution in [0.15, 0.2) is 71.6 Å². The number of anilines is 1. The molecule has 164 valence electrons. The third kappa shape index (κ3) is 4.58. The number of amides is 1. The zero-order valence-corrected chi connectivity index (χ0v) is 18.8. The molecule has 0 spiro atoms. The Balaban J connectivity index is 1.66. The second kappa shape index (κ2) is 9.21. The van der Waals surface area contributed by atoms with Crippen molar-refractivity contribution >= 4 is 56.0 Å². The lowest BCUT2D eigenvalue weighted by molar-refractivity contribution is 0.0917. The average molecular weight is 489 g/mol. The Morgan fingerprint density at radius 3 is 2.59 bits per heavy atom. The fourth-order valence-electron chi connectivity index (χ4n) is 3.15. The van der Waals surface area contributed by atoms with Crippen LogP contribution in [0, 0.1) is 0 Å². The maximum Gasteiger partial charge on any atom is 0.264 e. The van der Waals surface area contributed by atoms with Crippen LogP contribution in [0.2, 0.25) is 5.02 Å². The fourth-order valence-corrected chi connectivity index (χ4v) is 5.16. The number of nitrogens with one attached hydrogen (secondary N) is 2. The van der Waals surface area contributed by atoms with Gasteiger partial charge >= 0.3 is 0 Å². The number of rotatable bonds is 7. The number of hydrogen-bond acceptors (Lipinski definition) is 7. The van der Waals surface area contributed by atoms with Crippen LogP contribution in [-0.2, 0) is 10.0 Å². The monoisotopic (exact) mass is 488 g/mol. The summed E-state index contributed by atoms with van der Waals surface area (Å²) in [6.07, 6.45) is 0. The number of fused-ring (bicyclic) bond motifs is 1. The third-order valence-corrected chi connectivity index (χ3v) is 6.87. The summed E-state index contributed by atoms with van der Waals surface area (Å²) in [4.78, 5) is 12.9. The molecule has 3 N–H and O–H groups in total. The van der Waals surface area contributed by atoms with E-state index in [9.17, 15) is 18.3 Å². The van der Waals surface area contributed by atoms with Gasteiger partial charge in [-0.1, -0.05) is 48.0 Å². The molecule has 0 saturated carbocycles. The van der Waals surface area contributed by atoms with Crippen molar-refractivity contribution in [3.8, 4) is 0 Å². The lowest BCUT2D eigenvalue weighted by atomic mass is 10.1. The normalized spacial score (nSPS) is 12.4. The Kier molecular flexibility index (Phi) is 6.38. The lowest BCUT2D eigenvalue weighted by Crippen LogP contribution is -2.31. The predicted molar refractivity (Wildman–Crippen MR) is 123 cm³/mol. The molecule has 11 heteroatoms. The van der Waals surface area contributed by atoms with Crippen molar-refractivity contribution in [3.63, 3.8) is 0 Å². The summed E-state index contributed by atoms with van der Waals surface area (Å²) in [5.41, 5.74) is 1.45. The minimum atomic E-state index is -4.10. The van der Waals surface area contributed by atoms with Gasteiger partial charge in [0.2, 0.25) is 0 Å². The van der Waals surface area contributed by atoms with Crippen LogP contribution in [0.1, 0.15) is 22.0 Å². The zero-order valence-electron chi connectivity index (χ0n) is 16.4. The fraction of sp³-hybridized carbons (Fsp3) is 0.0952. The van der Waals surface area contributed by atoms with Crippen molar-refractivity contribution in [2.75, 3.05) is 11.3 Å². The molecule has 4 rings (SSSR count). The van der Waals surface area contributed by atoms with Gasteiger partial charge in [0.25, 0.3) is 15.9 Å². The standard InChI is InChI=1S/C21H17ClN4O4S2/c22-14-9-10-15(21(28)23-18(12-27)13-5-2-1-3-6-13)17(11-14)26-32(29,30)19-8-4-7-16-20(19)25-31-24-16/h1-11,18,26-27H,12H2,(H,23,28). The van der Waals surface area contributed by atoms with E-state index >= 15 is 0 Å². The quantitative estimate of drug-likeness (QED) is 0.365. The van der Waals surface area contributed by atoms with Crippen molar-refractivity contribution in [3.05, 3.63) is 82.9 Å². The molecule has 0 radical (unpaired) electrons. The highest BCUT2D eigenvalue weighted by Gasteiger charge is 2.24. The third-order valence-electron chi connectivity index (χ3n) is 4.70. The summed E-state index contributed by atoms with van der Waals surface area (Å²) >= 11 is 6.98. The van der Waals surface area contributed by atoms with Crippen LogP contribution in [-0.4, -0.2) is 34.8 Å². The highest BCUT2D eigenvalue weighted by Crippen LogP contribution is 2.27. The van der Waals surface area contributed by atoms with Gasteiger partial charge in [-0.15, -0.1) is 0 Å². The van der Waals surface area contributed by atoms with Crippen LogP contribution >= 0.6 is 23.3 Å². The highest BCUT2D eigenvalue weighted by molar-refractivity contribution is 7.93. The first kappa shape index (κ1) is 22.2. The van der Waals surface area contributed by atoms with Crippen LogP contribution in [0.3, 0.4) is 0 Å². The number of hydrogen-bond donors (Lipinski definition) is 3. The highest BCUT2D eigenvalue weighted by atomic mass is 35.5. The molecule has 8 nitrogen and oxygen atoms in total. The van der Waals surface area contributed by atoms with E-state index in [1.807, 2.05) is 6.07 Å². The van der Waals surface area contributed by atoms with E-state index in [0.29, 0.717) is 11.1 Å². The van der Waals surface area contributed by atoms with Gasteiger partial charge in [-0.05, 0) is 35.9 Å². The Labute approximate surface area is 193 Å². The maximum absolute atomic E-state index is 13.1. The van der Waals surface area contributed by atoms with E-state index in [1.54, 1.807) is 36.4 Å². The molecule has 0 aliphatic heterocycles. The van der Waals surface area contributed by atoms with E-state index < -0.39 is 22.0 Å². The molecule has 1 unspecified atom stereocenters. The van der Waals surface area contributed by atoms with Crippen molar-refractivity contribution in [2.45, 2.75) is 10.9 Å². The SMILES string of the molecule is O=C(NC(CO)c1ccccc1)c1ccc(Cl)cc1NS(=O)(=O)c1cccc2nsnc12. The average Bonchev–Trinajstić information content (AvgIpc) is 3.26. The van der Waals surface area contributed by atoms with Crippen LogP contribution in [0.4, 0.5) is 5.69 Å². The number of halogens is 1. The molecule has 0 aliphatic carbocycles. The van der Waals surface area contributed by atoms with Gasteiger partial charge in [0.1, 0.15) is 15.9 Å². The second-order valence-corrected chi connectivity index (χ2v) is 9.42. The summed E-state index contributed by atoms with van der Waals surface area (Å²) in [7, 11) is -4.10. The number of carbonyl (C=O) groups is 1. The van der Waals surface area contributed by atoms with Gasteiger partial charge < -0.3 is 10.4 Å². The van der Waals surface area contributed by atoms with Crippen molar-refractivity contribution in [1.29, 1.82) is 0 Å². The number of sulfonamides is 1. The molecule has 32 heavy (non-hydrogen) atoms. The summed E-state index contributed by atoms with van der Waals surface area (Å²) < 4.78 is 36.8. The lowest BCUT2D eigenvalue weighted by Gasteiger charge is -2.19. The second-order valence-electron chi connectivity index (χ2n) is 6.80. The van der Waals surface area contributed by atoms with E-state index in [0.717, 1.165) is 11.7 Å². The number of nitrogens with zero attached hydrogens (tertiary/aromatic N) is 2. The first-order valence-corrected chi connectivity index (χ1v) is 12.0. The van der Waals surface area contributed by atoms with Gasteiger partial charge in [-0.25, -0.2) is 8.42 Å². The first-order chi connectivity index (χ1) is 15.4. The molecule has 0 aliphatic rings. The number of aliphatic hydroxyl groups excluding tert-OH is 1. The van der Waals surface area contributed by atoms with Crippen LogP contribution in [0.25, 0.3) is 11.0 Å². The van der Waals surface area contributed by atoms with Crippen molar-refractivity contribution in [2.24, 2.45) is 0 Å². The van der Waals surface area contributed by atoms with Gasteiger partial charge in [0.05, 0.1) is 35.6 Å². The predicted octanol–water partition coefficient (Wildman–Crippen LogP) is 3.61. The van der Waals surface area contributed by atoms with Gasteiger partial charge in [-0.3, -0.25) is 9.52 Å². The molecule has 0 fully saturated rings.